The van der Waals surface area contributed by atoms with E-state index in [1.54, 1.807) is 10.6 Å². The van der Waals surface area contributed by atoms with E-state index in [1.807, 2.05) is 31.2 Å². The number of ether oxygens (including phenoxy) is 1. The number of nitrogens with two attached hydrogens (primary N) is 1. The van der Waals surface area contributed by atoms with Crippen LogP contribution >= 0.6 is 0 Å². The molecule has 2 heterocycles. The van der Waals surface area contributed by atoms with Crippen molar-refractivity contribution in [1.29, 1.82) is 0 Å². The predicted molar refractivity (Wildman–Crippen MR) is 83.2 cm³/mol. The van der Waals surface area contributed by atoms with E-state index in [1.165, 1.54) is 12.1 Å². The van der Waals surface area contributed by atoms with Gasteiger partial charge in [0.25, 0.3) is 0 Å². The molecule has 0 bridgehead atoms. The van der Waals surface area contributed by atoms with Crippen molar-refractivity contribution in [2.24, 2.45) is 0 Å². The van der Waals surface area contributed by atoms with Gasteiger partial charge in [-0.15, -0.1) is 0 Å². The highest BCUT2D eigenvalue weighted by molar-refractivity contribution is 5.89. The molecule has 0 saturated heterocycles. The predicted octanol–water partition coefficient (Wildman–Crippen LogP) is 2.68. The Morgan fingerprint density at radius 2 is 2.05 bits per heavy atom. The molecule has 0 fully saturated rings. The van der Waals surface area contributed by atoms with E-state index < -0.39 is 5.97 Å². The van der Waals surface area contributed by atoms with Crippen LogP contribution in [0.4, 0.5) is 5.82 Å². The molecular formula is C16H15N3O3. The number of aromatic nitrogens is 2. The van der Waals surface area contributed by atoms with Gasteiger partial charge in [-0.2, -0.15) is 0 Å². The average molecular weight is 297 g/mol. The van der Waals surface area contributed by atoms with Crippen LogP contribution in [0, 0.1) is 0 Å². The van der Waals surface area contributed by atoms with Gasteiger partial charge >= 0.3 is 5.97 Å². The SMILES string of the molecule is CCOc1ccc(-c2nc3cc(C(=O)O)ccn3c2N)cc1. The van der Waals surface area contributed by atoms with Crippen molar-refractivity contribution in [1.82, 2.24) is 9.38 Å². The lowest BCUT2D eigenvalue weighted by molar-refractivity contribution is 0.0697. The standard InChI is InChI=1S/C16H15N3O3/c1-2-22-12-5-3-10(4-6-12)14-15(17)19-8-7-11(16(20)21)9-13(19)18-14/h3-9H,2,17H2,1H3,(H,20,21). The first-order chi connectivity index (χ1) is 10.6. The average Bonchev–Trinajstić information content (AvgIpc) is 2.85. The molecule has 0 atom stereocenters. The van der Waals surface area contributed by atoms with Crippen molar-refractivity contribution in [3.05, 3.63) is 48.2 Å². The molecule has 0 aliphatic carbocycles. The van der Waals surface area contributed by atoms with Crippen molar-refractivity contribution >= 4 is 17.4 Å². The highest BCUT2D eigenvalue weighted by Gasteiger charge is 2.13. The van der Waals surface area contributed by atoms with Crippen LogP contribution in [-0.2, 0) is 0 Å². The van der Waals surface area contributed by atoms with Gasteiger partial charge in [-0.3, -0.25) is 4.40 Å². The Kier molecular flexibility index (Phi) is 3.42. The summed E-state index contributed by atoms with van der Waals surface area (Å²) in [7, 11) is 0. The molecule has 22 heavy (non-hydrogen) atoms. The third kappa shape index (κ3) is 2.35. The van der Waals surface area contributed by atoms with E-state index in [-0.39, 0.29) is 5.56 Å². The number of carboxylic acids is 1. The summed E-state index contributed by atoms with van der Waals surface area (Å²) in [5.41, 5.74) is 8.26. The van der Waals surface area contributed by atoms with Crippen LogP contribution in [0.1, 0.15) is 17.3 Å². The molecule has 112 valence electrons. The van der Waals surface area contributed by atoms with E-state index in [0.717, 1.165) is 11.3 Å². The number of hydrogen-bond acceptors (Lipinski definition) is 4. The number of pyridine rings is 1. The summed E-state index contributed by atoms with van der Waals surface area (Å²) in [4.78, 5) is 15.5. The van der Waals surface area contributed by atoms with Crippen LogP contribution in [0.5, 0.6) is 5.75 Å². The van der Waals surface area contributed by atoms with E-state index in [2.05, 4.69) is 4.98 Å². The van der Waals surface area contributed by atoms with Gasteiger partial charge in [0.05, 0.1) is 12.2 Å². The lowest BCUT2D eigenvalue weighted by atomic mass is 10.1. The number of fused-ring (bicyclic) bond motifs is 1. The molecule has 1 aromatic carbocycles. The van der Waals surface area contributed by atoms with Gasteiger partial charge in [-0.05, 0) is 43.3 Å². The van der Waals surface area contributed by atoms with Crippen LogP contribution in [0.2, 0.25) is 0 Å². The maximum Gasteiger partial charge on any atom is 0.335 e. The zero-order valence-electron chi connectivity index (χ0n) is 12.0. The fourth-order valence-corrected chi connectivity index (χ4v) is 2.28. The van der Waals surface area contributed by atoms with E-state index >= 15 is 0 Å². The van der Waals surface area contributed by atoms with Gasteiger partial charge in [0.15, 0.2) is 0 Å². The molecule has 3 rings (SSSR count). The summed E-state index contributed by atoms with van der Waals surface area (Å²) < 4.78 is 7.07. The summed E-state index contributed by atoms with van der Waals surface area (Å²) in [6.45, 7) is 2.53. The number of imidazole rings is 1. The number of rotatable bonds is 4. The Morgan fingerprint density at radius 3 is 2.68 bits per heavy atom. The second kappa shape index (κ2) is 5.40. The molecule has 0 saturated carbocycles. The van der Waals surface area contributed by atoms with Gasteiger partial charge in [0.1, 0.15) is 22.9 Å². The summed E-state index contributed by atoms with van der Waals surface area (Å²) in [6.07, 6.45) is 1.61. The van der Waals surface area contributed by atoms with Gasteiger partial charge in [-0.1, -0.05) is 0 Å². The smallest absolute Gasteiger partial charge is 0.335 e. The summed E-state index contributed by atoms with van der Waals surface area (Å²) in [6, 6.07) is 10.4. The maximum atomic E-state index is 11.0. The molecule has 6 nitrogen and oxygen atoms in total. The third-order valence-electron chi connectivity index (χ3n) is 3.35. The van der Waals surface area contributed by atoms with Gasteiger partial charge in [0, 0.05) is 11.8 Å². The van der Waals surface area contributed by atoms with Crippen molar-refractivity contribution in [3.63, 3.8) is 0 Å². The van der Waals surface area contributed by atoms with Crippen molar-refractivity contribution in [2.75, 3.05) is 12.3 Å². The second-order valence-corrected chi connectivity index (χ2v) is 4.75. The van der Waals surface area contributed by atoms with E-state index in [0.29, 0.717) is 23.8 Å². The Morgan fingerprint density at radius 1 is 1.32 bits per heavy atom. The lowest BCUT2D eigenvalue weighted by Crippen LogP contribution is -1.99. The van der Waals surface area contributed by atoms with Gasteiger partial charge < -0.3 is 15.6 Å². The molecule has 2 aromatic heterocycles. The number of carbonyl (C=O) groups is 1. The molecule has 6 heteroatoms. The fraction of sp³-hybridized carbons (Fsp3) is 0.125. The Balaban J connectivity index is 2.06. The largest absolute Gasteiger partial charge is 0.494 e. The van der Waals surface area contributed by atoms with Crippen LogP contribution in [-0.4, -0.2) is 27.1 Å². The quantitative estimate of drug-likeness (QED) is 0.772. The second-order valence-electron chi connectivity index (χ2n) is 4.75. The normalized spacial score (nSPS) is 10.8. The zero-order valence-corrected chi connectivity index (χ0v) is 12.0. The number of nitrogen functional groups attached to an aromatic ring is 1. The first kappa shape index (κ1) is 13.9. The minimum absolute atomic E-state index is 0.177. The van der Waals surface area contributed by atoms with Crippen LogP contribution < -0.4 is 10.5 Å². The molecule has 0 unspecified atom stereocenters. The zero-order chi connectivity index (χ0) is 15.7. The first-order valence-electron chi connectivity index (χ1n) is 6.84. The summed E-state index contributed by atoms with van der Waals surface area (Å²) in [5.74, 6) is 0.254. The fourth-order valence-electron chi connectivity index (χ4n) is 2.28. The molecule has 0 aliphatic rings. The highest BCUT2D eigenvalue weighted by Crippen LogP contribution is 2.28. The first-order valence-corrected chi connectivity index (χ1v) is 6.84. The van der Waals surface area contributed by atoms with E-state index in [4.69, 9.17) is 15.6 Å². The topological polar surface area (TPSA) is 89.8 Å². The molecule has 0 aliphatic heterocycles. The molecule has 0 amide bonds. The van der Waals surface area contributed by atoms with Gasteiger partial charge in [-0.25, -0.2) is 9.78 Å². The van der Waals surface area contributed by atoms with Crippen LogP contribution in [0.25, 0.3) is 16.9 Å². The highest BCUT2D eigenvalue weighted by atomic mass is 16.5. The number of benzene rings is 1. The van der Waals surface area contributed by atoms with Crippen LogP contribution in [0.3, 0.4) is 0 Å². The van der Waals surface area contributed by atoms with E-state index in [9.17, 15) is 4.79 Å². The number of aromatic carboxylic acids is 1. The number of nitrogens with zero attached hydrogens (tertiary/aromatic N) is 2. The van der Waals surface area contributed by atoms with Crippen LogP contribution in [0.15, 0.2) is 42.6 Å². The molecule has 3 N–H and O–H groups in total. The molecule has 0 spiro atoms. The van der Waals surface area contributed by atoms with Crippen molar-refractivity contribution in [3.8, 4) is 17.0 Å². The van der Waals surface area contributed by atoms with Crippen molar-refractivity contribution in [2.45, 2.75) is 6.92 Å². The Bertz CT molecular complexity index is 838. The molecular weight excluding hydrogens is 282 g/mol. The summed E-state index contributed by atoms with van der Waals surface area (Å²) >= 11 is 0. The number of carboxylic acid groups (broad SMARTS) is 1. The monoisotopic (exact) mass is 297 g/mol. The van der Waals surface area contributed by atoms with Crippen molar-refractivity contribution < 1.29 is 14.6 Å². The lowest BCUT2D eigenvalue weighted by Gasteiger charge is -2.04. The third-order valence-corrected chi connectivity index (χ3v) is 3.35. The minimum Gasteiger partial charge on any atom is -0.494 e. The number of hydrogen-bond donors (Lipinski definition) is 2. The molecule has 3 aromatic rings. The Labute approximate surface area is 126 Å². The molecule has 0 radical (unpaired) electrons. The number of anilines is 1. The summed E-state index contributed by atoms with van der Waals surface area (Å²) in [5, 5.41) is 9.04. The maximum absolute atomic E-state index is 11.0. The minimum atomic E-state index is -0.994. The Hall–Kier alpha value is -3.02. The van der Waals surface area contributed by atoms with Gasteiger partial charge in [0.2, 0.25) is 0 Å².